The van der Waals surface area contributed by atoms with Gasteiger partial charge in [-0.25, -0.2) is 4.98 Å². The third-order valence-electron chi connectivity index (χ3n) is 4.78. The standard InChI is InChI=1S/C19H25N3O/c1-14-18(19(23)20-13-16-9-5-3-6-10-16)21-15(2)22(14)17-11-7-4-8-12-17/h4,7-8,11-12,16H,3,5-6,9-10,13H2,1-2H3,(H,20,23). The number of hydrogen-bond donors (Lipinski definition) is 1. The van der Waals surface area contributed by atoms with Crippen molar-refractivity contribution in [2.75, 3.05) is 6.54 Å². The summed E-state index contributed by atoms with van der Waals surface area (Å²) in [6, 6.07) is 10.0. The Hall–Kier alpha value is -2.10. The van der Waals surface area contributed by atoms with Crippen molar-refractivity contribution in [2.45, 2.75) is 46.0 Å². The summed E-state index contributed by atoms with van der Waals surface area (Å²) in [7, 11) is 0. The van der Waals surface area contributed by atoms with Gasteiger partial charge < -0.3 is 9.88 Å². The second-order valence-corrected chi connectivity index (χ2v) is 6.48. The van der Waals surface area contributed by atoms with Crippen LogP contribution < -0.4 is 5.32 Å². The first kappa shape index (κ1) is 15.8. The van der Waals surface area contributed by atoms with Crippen LogP contribution in [-0.2, 0) is 0 Å². The van der Waals surface area contributed by atoms with Crippen molar-refractivity contribution < 1.29 is 4.79 Å². The van der Waals surface area contributed by atoms with Crippen LogP contribution in [0, 0.1) is 19.8 Å². The fourth-order valence-corrected chi connectivity index (χ4v) is 3.53. The zero-order valence-corrected chi connectivity index (χ0v) is 14.0. The molecule has 0 atom stereocenters. The minimum atomic E-state index is -0.0501. The van der Waals surface area contributed by atoms with Crippen LogP contribution in [-0.4, -0.2) is 22.0 Å². The summed E-state index contributed by atoms with van der Waals surface area (Å²) in [5.41, 5.74) is 2.48. The van der Waals surface area contributed by atoms with Gasteiger partial charge in [0.25, 0.3) is 5.91 Å². The number of carbonyl (C=O) groups excluding carboxylic acids is 1. The number of para-hydroxylation sites is 1. The molecule has 0 bridgehead atoms. The Morgan fingerprint density at radius 3 is 2.57 bits per heavy atom. The van der Waals surface area contributed by atoms with Crippen LogP contribution in [0.1, 0.15) is 54.1 Å². The molecule has 1 saturated carbocycles. The Morgan fingerprint density at radius 2 is 1.87 bits per heavy atom. The smallest absolute Gasteiger partial charge is 0.271 e. The molecule has 2 aromatic rings. The van der Waals surface area contributed by atoms with E-state index in [-0.39, 0.29) is 5.91 Å². The number of aromatic nitrogens is 2. The van der Waals surface area contributed by atoms with Crippen LogP contribution in [0.4, 0.5) is 0 Å². The number of aryl methyl sites for hydroxylation is 1. The van der Waals surface area contributed by atoms with Gasteiger partial charge in [0.2, 0.25) is 0 Å². The first-order valence-electron chi connectivity index (χ1n) is 8.56. The number of amides is 1. The summed E-state index contributed by atoms with van der Waals surface area (Å²) in [6.07, 6.45) is 6.39. The van der Waals surface area contributed by atoms with Crippen molar-refractivity contribution in [1.82, 2.24) is 14.9 Å². The lowest BCUT2D eigenvalue weighted by Crippen LogP contribution is -2.31. The van der Waals surface area contributed by atoms with Gasteiger partial charge in [-0.3, -0.25) is 4.79 Å². The van der Waals surface area contributed by atoms with Crippen LogP contribution in [0.2, 0.25) is 0 Å². The molecule has 0 unspecified atom stereocenters. The van der Waals surface area contributed by atoms with Crippen LogP contribution in [0.5, 0.6) is 0 Å². The quantitative estimate of drug-likeness (QED) is 0.933. The van der Waals surface area contributed by atoms with E-state index in [9.17, 15) is 4.79 Å². The van der Waals surface area contributed by atoms with E-state index in [4.69, 9.17) is 0 Å². The Balaban J connectivity index is 1.74. The monoisotopic (exact) mass is 311 g/mol. The van der Waals surface area contributed by atoms with E-state index in [2.05, 4.69) is 10.3 Å². The predicted molar refractivity (Wildman–Crippen MR) is 91.9 cm³/mol. The van der Waals surface area contributed by atoms with E-state index in [1.165, 1.54) is 32.1 Å². The first-order chi connectivity index (χ1) is 11.2. The summed E-state index contributed by atoms with van der Waals surface area (Å²) in [5.74, 6) is 1.42. The molecule has 1 N–H and O–H groups in total. The Morgan fingerprint density at radius 1 is 1.17 bits per heavy atom. The SMILES string of the molecule is Cc1nc(C(=O)NCC2CCCCC2)c(C)n1-c1ccccc1. The van der Waals surface area contributed by atoms with Gasteiger partial charge in [-0.05, 0) is 44.7 Å². The molecule has 0 spiro atoms. The topological polar surface area (TPSA) is 46.9 Å². The molecule has 122 valence electrons. The van der Waals surface area contributed by atoms with Gasteiger partial charge >= 0.3 is 0 Å². The van der Waals surface area contributed by atoms with E-state index in [0.717, 1.165) is 23.8 Å². The molecule has 1 aromatic carbocycles. The van der Waals surface area contributed by atoms with Crippen LogP contribution in [0.15, 0.2) is 30.3 Å². The minimum Gasteiger partial charge on any atom is -0.350 e. The third kappa shape index (κ3) is 3.46. The molecule has 1 aromatic heterocycles. The maximum Gasteiger partial charge on any atom is 0.271 e. The van der Waals surface area contributed by atoms with E-state index >= 15 is 0 Å². The van der Waals surface area contributed by atoms with Gasteiger partial charge in [-0.15, -0.1) is 0 Å². The van der Waals surface area contributed by atoms with Crippen molar-refractivity contribution >= 4 is 5.91 Å². The number of carbonyl (C=O) groups is 1. The Labute approximate surface area is 137 Å². The van der Waals surface area contributed by atoms with Gasteiger partial charge in [0.15, 0.2) is 0 Å². The fourth-order valence-electron chi connectivity index (χ4n) is 3.53. The first-order valence-corrected chi connectivity index (χ1v) is 8.56. The normalized spacial score (nSPS) is 15.6. The average molecular weight is 311 g/mol. The van der Waals surface area contributed by atoms with Crippen LogP contribution in [0.25, 0.3) is 5.69 Å². The van der Waals surface area contributed by atoms with Crippen molar-refractivity contribution in [3.63, 3.8) is 0 Å². The summed E-state index contributed by atoms with van der Waals surface area (Å²) < 4.78 is 2.04. The number of nitrogens with one attached hydrogen (secondary N) is 1. The number of imidazole rings is 1. The van der Waals surface area contributed by atoms with Gasteiger partial charge in [0, 0.05) is 12.2 Å². The maximum absolute atomic E-state index is 12.5. The molecule has 1 amide bonds. The average Bonchev–Trinajstić information content (AvgIpc) is 2.89. The van der Waals surface area contributed by atoms with E-state index in [0.29, 0.717) is 11.6 Å². The minimum absolute atomic E-state index is 0.0501. The van der Waals surface area contributed by atoms with Crippen molar-refractivity contribution in [1.29, 1.82) is 0 Å². The molecular weight excluding hydrogens is 286 g/mol. The molecular formula is C19H25N3O. The lowest BCUT2D eigenvalue weighted by Gasteiger charge is -2.21. The molecule has 4 nitrogen and oxygen atoms in total. The van der Waals surface area contributed by atoms with Crippen LogP contribution in [0.3, 0.4) is 0 Å². The molecule has 1 aliphatic carbocycles. The lowest BCUT2D eigenvalue weighted by atomic mass is 9.89. The van der Waals surface area contributed by atoms with Crippen LogP contribution >= 0.6 is 0 Å². The van der Waals surface area contributed by atoms with Crippen molar-refractivity contribution in [3.05, 3.63) is 47.5 Å². The highest BCUT2D eigenvalue weighted by Gasteiger charge is 2.20. The van der Waals surface area contributed by atoms with Gasteiger partial charge in [-0.2, -0.15) is 0 Å². The fraction of sp³-hybridized carbons (Fsp3) is 0.474. The van der Waals surface area contributed by atoms with Gasteiger partial charge in [0.05, 0.1) is 5.69 Å². The van der Waals surface area contributed by atoms with Crippen molar-refractivity contribution in [3.8, 4) is 5.69 Å². The highest BCUT2D eigenvalue weighted by Crippen LogP contribution is 2.23. The second-order valence-electron chi connectivity index (χ2n) is 6.48. The molecule has 1 aliphatic rings. The summed E-state index contributed by atoms with van der Waals surface area (Å²) >= 11 is 0. The third-order valence-corrected chi connectivity index (χ3v) is 4.78. The van der Waals surface area contributed by atoms with E-state index in [1.807, 2.05) is 48.7 Å². The zero-order valence-electron chi connectivity index (χ0n) is 14.0. The number of nitrogens with zero attached hydrogens (tertiary/aromatic N) is 2. The lowest BCUT2D eigenvalue weighted by molar-refractivity contribution is 0.0938. The molecule has 23 heavy (non-hydrogen) atoms. The summed E-state index contributed by atoms with van der Waals surface area (Å²) in [4.78, 5) is 17.0. The molecule has 0 saturated heterocycles. The number of rotatable bonds is 4. The molecule has 1 fully saturated rings. The Kier molecular flexibility index (Phi) is 4.79. The highest BCUT2D eigenvalue weighted by molar-refractivity contribution is 5.93. The molecule has 4 heteroatoms. The van der Waals surface area contributed by atoms with E-state index < -0.39 is 0 Å². The Bertz CT molecular complexity index is 669. The molecule has 0 aliphatic heterocycles. The number of hydrogen-bond acceptors (Lipinski definition) is 2. The van der Waals surface area contributed by atoms with Crippen molar-refractivity contribution in [2.24, 2.45) is 5.92 Å². The predicted octanol–water partition coefficient (Wildman–Crippen LogP) is 3.80. The highest BCUT2D eigenvalue weighted by atomic mass is 16.1. The van der Waals surface area contributed by atoms with Gasteiger partial charge in [-0.1, -0.05) is 37.5 Å². The number of benzene rings is 1. The van der Waals surface area contributed by atoms with E-state index in [1.54, 1.807) is 0 Å². The van der Waals surface area contributed by atoms with Gasteiger partial charge in [0.1, 0.15) is 11.5 Å². The molecule has 0 radical (unpaired) electrons. The summed E-state index contributed by atoms with van der Waals surface area (Å²) in [6.45, 7) is 4.68. The summed E-state index contributed by atoms with van der Waals surface area (Å²) in [5, 5.41) is 3.09. The second kappa shape index (κ2) is 6.99. The molecule has 3 rings (SSSR count). The largest absolute Gasteiger partial charge is 0.350 e. The molecule has 1 heterocycles. The zero-order chi connectivity index (χ0) is 16.2. The maximum atomic E-state index is 12.5.